The van der Waals surface area contributed by atoms with E-state index in [2.05, 4.69) is 6.92 Å². The smallest absolute Gasteiger partial charge is 0.266 e. The number of carbonyl (C=O) groups is 1. The van der Waals surface area contributed by atoms with E-state index in [-0.39, 0.29) is 5.91 Å². The van der Waals surface area contributed by atoms with Gasteiger partial charge in [0.2, 0.25) is 0 Å². The lowest BCUT2D eigenvalue weighted by Gasteiger charge is -2.34. The molecule has 1 aromatic carbocycles. The van der Waals surface area contributed by atoms with Gasteiger partial charge in [-0.25, -0.2) is 0 Å². The molecule has 2 aromatic rings. The summed E-state index contributed by atoms with van der Waals surface area (Å²) in [6.45, 7) is 2.28. The standard InChI is InChI=1S/C17H22N2OS/c1-11-6-5-7-12(10-11)19(2)17(20)16-15(18)13-8-3-4-9-14(13)21-16/h3-4,8-9,11-12H,5-7,10,18H2,1-2H3. The van der Waals surface area contributed by atoms with Crippen LogP contribution in [0.25, 0.3) is 10.1 Å². The summed E-state index contributed by atoms with van der Waals surface area (Å²) in [4.78, 5) is 15.4. The van der Waals surface area contributed by atoms with Crippen LogP contribution in [0.5, 0.6) is 0 Å². The number of hydrogen-bond acceptors (Lipinski definition) is 3. The van der Waals surface area contributed by atoms with E-state index in [4.69, 9.17) is 5.73 Å². The van der Waals surface area contributed by atoms with E-state index >= 15 is 0 Å². The van der Waals surface area contributed by atoms with Crippen LogP contribution in [-0.4, -0.2) is 23.9 Å². The lowest BCUT2D eigenvalue weighted by molar-refractivity contribution is 0.0678. The van der Waals surface area contributed by atoms with Crippen LogP contribution in [-0.2, 0) is 0 Å². The molecule has 0 aliphatic heterocycles. The quantitative estimate of drug-likeness (QED) is 0.906. The van der Waals surface area contributed by atoms with Crippen molar-refractivity contribution in [3.63, 3.8) is 0 Å². The first kappa shape index (κ1) is 14.4. The Morgan fingerprint density at radius 3 is 2.81 bits per heavy atom. The van der Waals surface area contributed by atoms with E-state index in [0.717, 1.165) is 22.9 Å². The molecule has 0 radical (unpaired) electrons. The van der Waals surface area contributed by atoms with E-state index in [1.165, 1.54) is 24.2 Å². The molecule has 2 N–H and O–H groups in total. The molecule has 1 aliphatic rings. The predicted molar refractivity (Wildman–Crippen MR) is 89.8 cm³/mol. The number of benzene rings is 1. The molecule has 21 heavy (non-hydrogen) atoms. The van der Waals surface area contributed by atoms with Crippen LogP contribution in [0.4, 0.5) is 5.69 Å². The molecular formula is C17H22N2OS. The highest BCUT2D eigenvalue weighted by Gasteiger charge is 2.28. The lowest BCUT2D eigenvalue weighted by Crippen LogP contribution is -2.39. The third kappa shape index (κ3) is 2.64. The third-order valence-electron chi connectivity index (χ3n) is 4.60. The van der Waals surface area contributed by atoms with Crippen LogP contribution in [0.2, 0.25) is 0 Å². The topological polar surface area (TPSA) is 46.3 Å². The first-order chi connectivity index (χ1) is 10.1. The number of nitrogens with two attached hydrogens (primary N) is 1. The molecule has 1 aliphatic carbocycles. The van der Waals surface area contributed by atoms with Gasteiger partial charge in [0.25, 0.3) is 5.91 Å². The van der Waals surface area contributed by atoms with Crippen molar-refractivity contribution in [2.45, 2.75) is 38.6 Å². The molecule has 0 bridgehead atoms. The molecule has 1 amide bonds. The van der Waals surface area contributed by atoms with Crippen molar-refractivity contribution >= 4 is 33.0 Å². The molecule has 0 saturated heterocycles. The van der Waals surface area contributed by atoms with Gasteiger partial charge in [0.15, 0.2) is 0 Å². The van der Waals surface area contributed by atoms with Gasteiger partial charge in [0, 0.05) is 23.2 Å². The Kier molecular flexibility index (Phi) is 3.89. The van der Waals surface area contributed by atoms with Gasteiger partial charge in [-0.05, 0) is 24.8 Å². The Hall–Kier alpha value is -1.55. The van der Waals surface area contributed by atoms with Gasteiger partial charge >= 0.3 is 0 Å². The van der Waals surface area contributed by atoms with Gasteiger partial charge in [0.05, 0.1) is 5.69 Å². The molecule has 3 rings (SSSR count). The molecule has 112 valence electrons. The Balaban J connectivity index is 1.87. The summed E-state index contributed by atoms with van der Waals surface area (Å²) in [6.07, 6.45) is 4.71. The summed E-state index contributed by atoms with van der Waals surface area (Å²) < 4.78 is 1.09. The molecule has 1 heterocycles. The molecule has 1 fully saturated rings. The number of nitrogens with zero attached hydrogens (tertiary/aromatic N) is 1. The summed E-state index contributed by atoms with van der Waals surface area (Å²) in [5, 5.41) is 0.997. The monoisotopic (exact) mass is 302 g/mol. The minimum atomic E-state index is 0.0767. The second kappa shape index (κ2) is 5.68. The van der Waals surface area contributed by atoms with Gasteiger partial charge < -0.3 is 10.6 Å². The van der Waals surface area contributed by atoms with Gasteiger partial charge in [-0.15, -0.1) is 11.3 Å². The van der Waals surface area contributed by atoms with E-state index in [1.54, 1.807) is 0 Å². The van der Waals surface area contributed by atoms with E-state index in [0.29, 0.717) is 22.5 Å². The number of rotatable bonds is 2. The fourth-order valence-electron chi connectivity index (χ4n) is 3.30. The van der Waals surface area contributed by atoms with Crippen LogP contribution >= 0.6 is 11.3 Å². The Labute approximate surface area is 129 Å². The number of anilines is 1. The summed E-state index contributed by atoms with van der Waals surface area (Å²) in [5.41, 5.74) is 6.83. The molecule has 2 atom stereocenters. The normalized spacial score (nSPS) is 22.4. The summed E-state index contributed by atoms with van der Waals surface area (Å²) in [5.74, 6) is 0.784. The van der Waals surface area contributed by atoms with E-state index < -0.39 is 0 Å². The average molecular weight is 302 g/mol. The molecular weight excluding hydrogens is 280 g/mol. The molecule has 1 aromatic heterocycles. The van der Waals surface area contributed by atoms with Gasteiger partial charge in [-0.3, -0.25) is 4.79 Å². The molecule has 3 nitrogen and oxygen atoms in total. The van der Waals surface area contributed by atoms with Crippen molar-refractivity contribution in [2.24, 2.45) is 5.92 Å². The highest BCUT2D eigenvalue weighted by molar-refractivity contribution is 7.21. The SMILES string of the molecule is CC1CCCC(N(C)C(=O)c2sc3ccccc3c2N)C1. The maximum Gasteiger partial charge on any atom is 0.266 e. The largest absolute Gasteiger partial charge is 0.397 e. The molecule has 2 unspecified atom stereocenters. The third-order valence-corrected chi connectivity index (χ3v) is 5.78. The summed E-state index contributed by atoms with van der Waals surface area (Å²) >= 11 is 1.51. The predicted octanol–water partition coefficient (Wildman–Crippen LogP) is 4.13. The number of amides is 1. The van der Waals surface area contributed by atoms with Crippen LogP contribution in [0.1, 0.15) is 42.3 Å². The van der Waals surface area contributed by atoms with Crippen molar-refractivity contribution in [2.75, 3.05) is 12.8 Å². The molecule has 0 spiro atoms. The first-order valence-electron chi connectivity index (χ1n) is 7.62. The van der Waals surface area contributed by atoms with Gasteiger partial charge in [-0.1, -0.05) is 38.0 Å². The first-order valence-corrected chi connectivity index (χ1v) is 8.43. The van der Waals surface area contributed by atoms with Crippen LogP contribution in [0.3, 0.4) is 0 Å². The minimum absolute atomic E-state index is 0.0767. The zero-order chi connectivity index (χ0) is 15.0. The zero-order valence-corrected chi connectivity index (χ0v) is 13.5. The van der Waals surface area contributed by atoms with Crippen molar-refractivity contribution < 1.29 is 4.79 Å². The average Bonchev–Trinajstić information content (AvgIpc) is 2.83. The second-order valence-corrected chi connectivity index (χ2v) is 7.23. The van der Waals surface area contributed by atoms with E-state index in [9.17, 15) is 4.79 Å². The lowest BCUT2D eigenvalue weighted by atomic mass is 9.86. The van der Waals surface area contributed by atoms with Gasteiger partial charge in [-0.2, -0.15) is 0 Å². The zero-order valence-electron chi connectivity index (χ0n) is 12.6. The van der Waals surface area contributed by atoms with Crippen LogP contribution in [0.15, 0.2) is 24.3 Å². The molecule has 4 heteroatoms. The highest BCUT2D eigenvalue weighted by atomic mass is 32.1. The maximum absolute atomic E-state index is 12.8. The number of carbonyl (C=O) groups excluding carboxylic acids is 1. The fourth-order valence-corrected chi connectivity index (χ4v) is 4.41. The van der Waals surface area contributed by atoms with E-state index in [1.807, 2.05) is 36.2 Å². The summed E-state index contributed by atoms with van der Waals surface area (Å²) in [7, 11) is 1.93. The van der Waals surface area contributed by atoms with Gasteiger partial charge in [0.1, 0.15) is 4.88 Å². The number of fused-ring (bicyclic) bond motifs is 1. The second-order valence-electron chi connectivity index (χ2n) is 6.18. The number of hydrogen-bond donors (Lipinski definition) is 1. The Bertz CT molecular complexity index is 664. The Morgan fingerprint density at radius 2 is 2.10 bits per heavy atom. The van der Waals surface area contributed by atoms with Crippen LogP contribution in [0, 0.1) is 5.92 Å². The van der Waals surface area contributed by atoms with Crippen LogP contribution < -0.4 is 5.73 Å². The summed E-state index contributed by atoms with van der Waals surface area (Å²) in [6, 6.07) is 8.31. The van der Waals surface area contributed by atoms with Crippen molar-refractivity contribution in [3.8, 4) is 0 Å². The highest BCUT2D eigenvalue weighted by Crippen LogP contribution is 2.35. The van der Waals surface area contributed by atoms with Crippen molar-refractivity contribution in [1.82, 2.24) is 4.90 Å². The number of thiophene rings is 1. The molecule has 1 saturated carbocycles. The Morgan fingerprint density at radius 1 is 1.33 bits per heavy atom. The number of nitrogen functional groups attached to an aromatic ring is 1. The fraction of sp³-hybridized carbons (Fsp3) is 0.471. The minimum Gasteiger partial charge on any atom is -0.397 e. The van der Waals surface area contributed by atoms with Crippen molar-refractivity contribution in [3.05, 3.63) is 29.1 Å². The van der Waals surface area contributed by atoms with Crippen molar-refractivity contribution in [1.29, 1.82) is 0 Å². The maximum atomic E-state index is 12.8.